The maximum atomic E-state index is 12.3. The maximum absolute atomic E-state index is 12.3. The van der Waals surface area contributed by atoms with Gasteiger partial charge in [-0.05, 0) is 6.92 Å². The zero-order valence-corrected chi connectivity index (χ0v) is 15.4. The molecule has 0 heterocycles. The van der Waals surface area contributed by atoms with Gasteiger partial charge >= 0.3 is 13.8 Å². The second-order valence-electron chi connectivity index (χ2n) is 4.79. The Morgan fingerprint density at radius 3 is 2.60 bits per heavy atom. The van der Waals surface area contributed by atoms with Crippen molar-refractivity contribution in [3.63, 3.8) is 0 Å². The van der Waals surface area contributed by atoms with E-state index in [-0.39, 0.29) is 32.5 Å². The normalized spacial score (nSPS) is 15.6. The van der Waals surface area contributed by atoms with Gasteiger partial charge in [0.1, 0.15) is 0 Å². The summed E-state index contributed by atoms with van der Waals surface area (Å²) in [7, 11) is -2.41. The van der Waals surface area contributed by atoms with Gasteiger partial charge in [-0.1, -0.05) is 6.08 Å². The second-order valence-corrected chi connectivity index (χ2v) is 6.46. The first-order chi connectivity index (χ1) is 11.9. The molecular weight excluding hydrogens is 355 g/mol. The number of phosphoric acid groups is 1. The van der Waals surface area contributed by atoms with Gasteiger partial charge in [-0.25, -0.2) is 9.36 Å². The Morgan fingerprint density at radius 1 is 1.32 bits per heavy atom. The number of hydrogen-bond donors (Lipinski definition) is 2. The van der Waals surface area contributed by atoms with Crippen LogP contribution in [0.4, 0.5) is 0 Å². The number of ether oxygens (including phenoxy) is 2. The van der Waals surface area contributed by atoms with Gasteiger partial charge in [0.05, 0.1) is 32.5 Å². The summed E-state index contributed by atoms with van der Waals surface area (Å²) < 4.78 is 37.4. The molecule has 1 amide bonds. The molecule has 0 radical (unpaired) electrons. The molecule has 0 aromatic carbocycles. The molecule has 3 N–H and O–H groups in total. The molecule has 0 aliphatic rings. The van der Waals surface area contributed by atoms with Gasteiger partial charge < -0.3 is 20.5 Å². The predicted octanol–water partition coefficient (Wildman–Crippen LogP) is 0.372. The number of hydrogen-bond acceptors (Lipinski definition) is 9. The molecule has 0 rings (SSSR count). The van der Waals surface area contributed by atoms with Gasteiger partial charge in [-0.2, -0.15) is 0 Å². The SMILES string of the molecule is C=CCOP(=O)(OCCN)OC[C@H](NC=O)C(=O)OCC[C@@H](C)OC. The monoisotopic (exact) mass is 382 g/mol. The summed E-state index contributed by atoms with van der Waals surface area (Å²) in [4.78, 5) is 22.6. The summed E-state index contributed by atoms with van der Waals surface area (Å²) in [5.41, 5.74) is 5.29. The molecule has 10 nitrogen and oxygen atoms in total. The average molecular weight is 382 g/mol. The predicted molar refractivity (Wildman–Crippen MR) is 89.7 cm³/mol. The van der Waals surface area contributed by atoms with Crippen molar-refractivity contribution < 1.29 is 37.2 Å². The number of methoxy groups -OCH3 is 1. The molecule has 0 aliphatic carbocycles. The van der Waals surface area contributed by atoms with E-state index in [1.54, 1.807) is 7.11 Å². The topological polar surface area (TPSA) is 135 Å². The number of carbonyl (C=O) groups excluding carboxylic acids is 2. The van der Waals surface area contributed by atoms with Crippen LogP contribution >= 0.6 is 7.82 Å². The highest BCUT2D eigenvalue weighted by atomic mass is 31.2. The third-order valence-electron chi connectivity index (χ3n) is 2.84. The Balaban J connectivity index is 4.63. The molecule has 0 saturated carbocycles. The number of amides is 1. The lowest BCUT2D eigenvalue weighted by molar-refractivity contribution is -0.148. The molecule has 0 spiro atoms. The minimum atomic E-state index is -3.95. The first-order valence-corrected chi connectivity index (χ1v) is 9.12. The Morgan fingerprint density at radius 2 is 2.04 bits per heavy atom. The van der Waals surface area contributed by atoms with Crippen LogP contribution in [-0.2, 0) is 37.2 Å². The van der Waals surface area contributed by atoms with E-state index in [0.29, 0.717) is 12.8 Å². The van der Waals surface area contributed by atoms with E-state index in [0.717, 1.165) is 0 Å². The summed E-state index contributed by atoms with van der Waals surface area (Å²) in [5.74, 6) is -0.746. The highest BCUT2D eigenvalue weighted by molar-refractivity contribution is 7.48. The van der Waals surface area contributed by atoms with Crippen molar-refractivity contribution in [2.24, 2.45) is 5.73 Å². The Hall–Kier alpha value is -1.29. The lowest BCUT2D eigenvalue weighted by Gasteiger charge is -2.20. The minimum absolute atomic E-state index is 0.0699. The van der Waals surface area contributed by atoms with Gasteiger partial charge in [0.15, 0.2) is 6.04 Å². The molecule has 1 unspecified atom stereocenters. The molecule has 0 saturated heterocycles. The quantitative estimate of drug-likeness (QED) is 0.168. The molecule has 0 fully saturated rings. The number of esters is 1. The van der Waals surface area contributed by atoms with Crippen LogP contribution in [0.3, 0.4) is 0 Å². The lowest BCUT2D eigenvalue weighted by Crippen LogP contribution is -2.41. The Kier molecular flexibility index (Phi) is 13.2. The smallest absolute Gasteiger partial charge is 0.464 e. The first-order valence-electron chi connectivity index (χ1n) is 7.66. The standard InChI is InChI=1S/C14H27N2O8P/c1-4-7-22-25(19,23-9-6-15)24-10-13(16-11-17)14(18)21-8-5-12(2)20-3/h4,11-13H,1,5-10,15H2,2-3H3,(H,16,17)/t12-,13+,25?/m1/s1. The van der Waals surface area contributed by atoms with Crippen molar-refractivity contribution in [2.75, 3.05) is 40.1 Å². The molecule has 146 valence electrons. The number of carbonyl (C=O) groups is 2. The molecule has 0 aliphatic heterocycles. The van der Waals surface area contributed by atoms with Gasteiger partial charge in [0, 0.05) is 20.1 Å². The van der Waals surface area contributed by atoms with E-state index in [9.17, 15) is 14.2 Å². The van der Waals surface area contributed by atoms with Crippen molar-refractivity contribution in [2.45, 2.75) is 25.5 Å². The molecule has 0 aromatic heterocycles. The zero-order valence-electron chi connectivity index (χ0n) is 14.5. The van der Waals surface area contributed by atoms with Crippen molar-refractivity contribution in [1.82, 2.24) is 5.32 Å². The summed E-state index contributed by atoms with van der Waals surface area (Å²) in [5, 5.41) is 2.23. The largest absolute Gasteiger partial charge is 0.475 e. The number of phosphoric ester groups is 1. The van der Waals surface area contributed by atoms with Crippen LogP contribution in [0, 0.1) is 0 Å². The molecule has 11 heteroatoms. The van der Waals surface area contributed by atoms with E-state index in [1.165, 1.54) is 6.08 Å². The van der Waals surface area contributed by atoms with Crippen LogP contribution in [-0.4, -0.2) is 64.6 Å². The average Bonchev–Trinajstić information content (AvgIpc) is 2.61. The van der Waals surface area contributed by atoms with Gasteiger partial charge in [0.2, 0.25) is 6.41 Å². The Bertz CT molecular complexity index is 449. The first kappa shape index (κ1) is 23.7. The highest BCUT2D eigenvalue weighted by Gasteiger charge is 2.30. The highest BCUT2D eigenvalue weighted by Crippen LogP contribution is 2.49. The van der Waals surface area contributed by atoms with Crippen LogP contribution < -0.4 is 11.1 Å². The van der Waals surface area contributed by atoms with E-state index < -0.39 is 26.4 Å². The molecule has 0 aromatic rings. The summed E-state index contributed by atoms with van der Waals surface area (Å²) >= 11 is 0. The van der Waals surface area contributed by atoms with Crippen LogP contribution in [0.1, 0.15) is 13.3 Å². The maximum Gasteiger partial charge on any atom is 0.475 e. The van der Waals surface area contributed by atoms with E-state index in [1.807, 2.05) is 6.92 Å². The van der Waals surface area contributed by atoms with Crippen LogP contribution in [0.15, 0.2) is 12.7 Å². The van der Waals surface area contributed by atoms with Gasteiger partial charge in [-0.3, -0.25) is 18.4 Å². The van der Waals surface area contributed by atoms with E-state index in [4.69, 9.17) is 28.8 Å². The molecule has 3 atom stereocenters. The van der Waals surface area contributed by atoms with E-state index in [2.05, 4.69) is 11.9 Å². The van der Waals surface area contributed by atoms with Crippen LogP contribution in [0.25, 0.3) is 0 Å². The minimum Gasteiger partial charge on any atom is -0.464 e. The van der Waals surface area contributed by atoms with E-state index >= 15 is 0 Å². The molecule has 25 heavy (non-hydrogen) atoms. The number of nitrogens with one attached hydrogen (secondary N) is 1. The zero-order chi connectivity index (χ0) is 19.1. The fraction of sp³-hybridized carbons (Fsp3) is 0.714. The summed E-state index contributed by atoms with van der Waals surface area (Å²) in [6, 6.07) is -1.17. The Labute approximate surface area is 147 Å². The van der Waals surface area contributed by atoms with Crippen molar-refractivity contribution in [1.29, 1.82) is 0 Å². The fourth-order valence-corrected chi connectivity index (χ4v) is 2.57. The van der Waals surface area contributed by atoms with Crippen molar-refractivity contribution >= 4 is 20.2 Å². The molecule has 0 bridgehead atoms. The van der Waals surface area contributed by atoms with Crippen molar-refractivity contribution in [3.05, 3.63) is 12.7 Å². The number of nitrogens with two attached hydrogens (primary N) is 1. The number of rotatable bonds is 16. The fourth-order valence-electron chi connectivity index (χ4n) is 1.40. The van der Waals surface area contributed by atoms with Crippen LogP contribution in [0.5, 0.6) is 0 Å². The van der Waals surface area contributed by atoms with Crippen LogP contribution in [0.2, 0.25) is 0 Å². The third kappa shape index (κ3) is 11.0. The second kappa shape index (κ2) is 13.9. The molecular formula is C14H27N2O8P. The summed E-state index contributed by atoms with van der Waals surface area (Å²) in [6.07, 6.45) is 2.06. The van der Waals surface area contributed by atoms with Crippen molar-refractivity contribution in [3.8, 4) is 0 Å². The third-order valence-corrected chi connectivity index (χ3v) is 4.27. The van der Waals surface area contributed by atoms with Gasteiger partial charge in [0.25, 0.3) is 0 Å². The summed E-state index contributed by atoms with van der Waals surface area (Å²) in [6.45, 7) is 4.82. The van der Waals surface area contributed by atoms with Gasteiger partial charge in [-0.15, -0.1) is 6.58 Å². The lowest BCUT2D eigenvalue weighted by atomic mass is 10.3.